The van der Waals surface area contributed by atoms with Gasteiger partial charge in [-0.1, -0.05) is 36.8 Å². The number of rotatable bonds is 3. The third-order valence-corrected chi connectivity index (χ3v) is 6.23. The minimum absolute atomic E-state index is 0.269. The van der Waals surface area contributed by atoms with Gasteiger partial charge in [-0.3, -0.25) is 4.21 Å². The molecule has 29 heavy (non-hydrogen) atoms. The first-order valence-electron chi connectivity index (χ1n) is 8.45. The summed E-state index contributed by atoms with van der Waals surface area (Å²) in [6.45, 7) is 0. The van der Waals surface area contributed by atoms with Crippen LogP contribution in [0.2, 0.25) is 0 Å². The van der Waals surface area contributed by atoms with E-state index in [1.54, 1.807) is 12.1 Å². The maximum Gasteiger partial charge on any atom is 0.430 e. The molecule has 1 aliphatic carbocycles. The lowest BCUT2D eigenvalue weighted by Crippen LogP contribution is -2.53. The van der Waals surface area contributed by atoms with Crippen LogP contribution in [-0.4, -0.2) is 26.9 Å². The second kappa shape index (κ2) is 8.83. The Morgan fingerprint density at radius 2 is 1.31 bits per heavy atom. The highest BCUT2D eigenvalue weighted by Gasteiger charge is 2.71. The maximum atomic E-state index is 12.5. The quantitative estimate of drug-likeness (QED) is 0.639. The molecule has 0 aliphatic heterocycles. The summed E-state index contributed by atoms with van der Waals surface area (Å²) in [5.74, 6) is -0.269. The van der Waals surface area contributed by atoms with Crippen LogP contribution in [0.4, 0.5) is 30.7 Å². The SMILES string of the molecule is O=S(c1ccc(F)cc1)C1CCC1.OC(c1ccccc1)(C(F)(F)F)C(F)(F)F. The molecule has 1 N–H and O–H groups in total. The highest BCUT2D eigenvalue weighted by Crippen LogP contribution is 2.49. The normalized spacial score (nSPS) is 16.4. The van der Waals surface area contributed by atoms with Crippen LogP contribution >= 0.6 is 0 Å². The summed E-state index contributed by atoms with van der Waals surface area (Å²) in [6.07, 6.45) is -8.38. The Morgan fingerprint density at radius 1 is 0.828 bits per heavy atom. The fourth-order valence-electron chi connectivity index (χ4n) is 2.51. The summed E-state index contributed by atoms with van der Waals surface area (Å²) >= 11 is 0. The molecule has 1 aliphatic rings. The molecule has 0 amide bonds. The van der Waals surface area contributed by atoms with Crippen molar-refractivity contribution in [2.24, 2.45) is 0 Å². The molecule has 1 saturated carbocycles. The lowest BCUT2D eigenvalue weighted by atomic mass is 9.92. The van der Waals surface area contributed by atoms with Gasteiger partial charge in [0.1, 0.15) is 5.82 Å². The molecule has 3 rings (SSSR count). The highest BCUT2D eigenvalue weighted by atomic mass is 32.2. The number of halogens is 7. The molecule has 0 radical (unpaired) electrons. The third kappa shape index (κ3) is 5.16. The van der Waals surface area contributed by atoms with Crippen molar-refractivity contribution in [3.63, 3.8) is 0 Å². The zero-order valence-electron chi connectivity index (χ0n) is 14.8. The molecule has 0 spiro atoms. The van der Waals surface area contributed by atoms with Crippen molar-refractivity contribution < 1.29 is 40.0 Å². The summed E-state index contributed by atoms with van der Waals surface area (Å²) in [5, 5.41) is 9.22. The van der Waals surface area contributed by atoms with Gasteiger partial charge in [0.15, 0.2) is 0 Å². The van der Waals surface area contributed by atoms with Gasteiger partial charge in [-0.05, 0) is 37.1 Å². The van der Waals surface area contributed by atoms with Gasteiger partial charge in [0, 0.05) is 15.7 Å². The summed E-state index contributed by atoms with van der Waals surface area (Å²) in [5.41, 5.74) is -6.09. The van der Waals surface area contributed by atoms with E-state index in [4.69, 9.17) is 5.11 Å². The second-order valence-electron chi connectivity index (χ2n) is 6.38. The Morgan fingerprint density at radius 3 is 1.69 bits per heavy atom. The van der Waals surface area contributed by atoms with Crippen LogP contribution in [0.25, 0.3) is 0 Å². The smallest absolute Gasteiger partial charge is 0.369 e. The summed E-state index contributed by atoms with van der Waals surface area (Å²) in [4.78, 5) is 0.756. The van der Waals surface area contributed by atoms with Crippen LogP contribution < -0.4 is 0 Å². The molecule has 10 heteroatoms. The van der Waals surface area contributed by atoms with Gasteiger partial charge in [0.25, 0.3) is 5.60 Å². The van der Waals surface area contributed by atoms with Crippen LogP contribution in [-0.2, 0) is 16.4 Å². The fourth-order valence-corrected chi connectivity index (χ4v) is 4.06. The Kier molecular flexibility index (Phi) is 7.10. The van der Waals surface area contributed by atoms with Crippen LogP contribution in [0.15, 0.2) is 59.5 Å². The standard InChI is InChI=1S/C10H11FOS.C9H6F6O/c11-8-4-6-10(7-5-8)13(12)9-2-1-3-9;10-8(11,12)7(16,9(13,14)15)6-4-2-1-3-5-6/h4-7,9H,1-3H2;1-5,16H. The molecule has 0 aromatic heterocycles. The minimum atomic E-state index is -5.83. The molecular weight excluding hydrogens is 425 g/mol. The van der Waals surface area contributed by atoms with E-state index in [-0.39, 0.29) is 5.82 Å². The van der Waals surface area contributed by atoms with Gasteiger partial charge >= 0.3 is 12.4 Å². The molecule has 2 aromatic carbocycles. The number of alkyl halides is 6. The first kappa shape index (κ1) is 23.3. The predicted octanol–water partition coefficient (Wildman–Crippen LogP) is 5.48. The minimum Gasteiger partial charge on any atom is -0.369 e. The lowest BCUT2D eigenvalue weighted by Gasteiger charge is -2.32. The molecule has 0 saturated heterocycles. The first-order valence-corrected chi connectivity index (χ1v) is 9.66. The Hall–Kier alpha value is -1.94. The average Bonchev–Trinajstić information content (AvgIpc) is 2.59. The van der Waals surface area contributed by atoms with Gasteiger partial charge in [-0.2, -0.15) is 26.3 Å². The zero-order chi connectivity index (χ0) is 21.9. The highest BCUT2D eigenvalue weighted by molar-refractivity contribution is 7.85. The van der Waals surface area contributed by atoms with Crippen molar-refractivity contribution in [3.8, 4) is 0 Å². The van der Waals surface area contributed by atoms with Gasteiger partial charge in [0.05, 0.1) is 10.8 Å². The van der Waals surface area contributed by atoms with Crippen LogP contribution in [0.1, 0.15) is 24.8 Å². The molecule has 0 heterocycles. The van der Waals surface area contributed by atoms with E-state index >= 15 is 0 Å². The number of benzene rings is 2. The van der Waals surface area contributed by atoms with Crippen molar-refractivity contribution >= 4 is 10.8 Å². The second-order valence-corrected chi connectivity index (χ2v) is 8.11. The van der Waals surface area contributed by atoms with E-state index in [9.17, 15) is 34.9 Å². The molecule has 1 fully saturated rings. The summed E-state index contributed by atoms with van der Waals surface area (Å²) in [7, 11) is -0.916. The monoisotopic (exact) mass is 442 g/mol. The van der Waals surface area contributed by atoms with Gasteiger partial charge < -0.3 is 5.11 Å². The number of hydrogen-bond acceptors (Lipinski definition) is 2. The molecule has 160 valence electrons. The Bertz CT molecular complexity index is 799. The van der Waals surface area contributed by atoms with Gasteiger partial charge in [0.2, 0.25) is 0 Å². The molecule has 2 aromatic rings. The topological polar surface area (TPSA) is 37.3 Å². The average molecular weight is 442 g/mol. The summed E-state index contributed by atoms with van der Waals surface area (Å²) < 4.78 is 98.2. The van der Waals surface area contributed by atoms with Crippen molar-refractivity contribution in [2.45, 2.75) is 47.4 Å². The molecule has 2 nitrogen and oxygen atoms in total. The lowest BCUT2D eigenvalue weighted by molar-refractivity contribution is -0.376. The van der Waals surface area contributed by atoms with Gasteiger partial charge in [-0.25, -0.2) is 4.39 Å². The van der Waals surface area contributed by atoms with Crippen molar-refractivity contribution in [1.82, 2.24) is 0 Å². The van der Waals surface area contributed by atoms with Crippen molar-refractivity contribution in [1.29, 1.82) is 0 Å². The number of hydrogen-bond donors (Lipinski definition) is 1. The molecule has 0 bridgehead atoms. The largest absolute Gasteiger partial charge is 0.430 e. The van der Waals surface area contributed by atoms with E-state index < -0.39 is 34.3 Å². The van der Waals surface area contributed by atoms with E-state index in [0.29, 0.717) is 17.4 Å². The first-order chi connectivity index (χ1) is 13.4. The van der Waals surface area contributed by atoms with E-state index in [0.717, 1.165) is 29.9 Å². The van der Waals surface area contributed by atoms with Gasteiger partial charge in [-0.15, -0.1) is 0 Å². The predicted molar refractivity (Wildman–Crippen MR) is 92.9 cm³/mol. The maximum absolute atomic E-state index is 12.5. The zero-order valence-corrected chi connectivity index (χ0v) is 15.6. The molecule has 1 unspecified atom stereocenters. The Labute approximate surface area is 164 Å². The van der Waals surface area contributed by atoms with Crippen LogP contribution in [0, 0.1) is 5.82 Å². The van der Waals surface area contributed by atoms with E-state index in [2.05, 4.69) is 0 Å². The number of aliphatic hydroxyl groups is 1. The van der Waals surface area contributed by atoms with E-state index in [1.165, 1.54) is 24.6 Å². The van der Waals surface area contributed by atoms with Crippen LogP contribution in [0.3, 0.4) is 0 Å². The Balaban J connectivity index is 0.000000211. The molecule has 1 atom stereocenters. The molecular formula is C19H17F7O2S. The van der Waals surface area contributed by atoms with E-state index in [1.807, 2.05) is 0 Å². The summed E-state index contributed by atoms with van der Waals surface area (Å²) in [6, 6.07) is 10.3. The fraction of sp³-hybridized carbons (Fsp3) is 0.368. The van der Waals surface area contributed by atoms with Crippen molar-refractivity contribution in [3.05, 3.63) is 66.0 Å². The van der Waals surface area contributed by atoms with Crippen LogP contribution in [0.5, 0.6) is 0 Å². The third-order valence-electron chi connectivity index (χ3n) is 4.41. The van der Waals surface area contributed by atoms with Crippen molar-refractivity contribution in [2.75, 3.05) is 0 Å².